The maximum atomic E-state index is 12.8. The number of hydrogen-bond donors (Lipinski definition) is 1. The van der Waals surface area contributed by atoms with Gasteiger partial charge in [0.05, 0.1) is 11.9 Å². The molecular weight excluding hydrogens is 390 g/mol. The Bertz CT molecular complexity index is 1270. The third kappa shape index (κ3) is 3.77. The van der Waals surface area contributed by atoms with Crippen molar-refractivity contribution in [1.29, 1.82) is 0 Å². The first kappa shape index (κ1) is 18.9. The summed E-state index contributed by atoms with van der Waals surface area (Å²) in [5.41, 5.74) is 3.55. The van der Waals surface area contributed by atoms with Gasteiger partial charge < -0.3 is 5.32 Å². The Kier molecular flexibility index (Phi) is 4.90. The average molecular weight is 408 g/mol. The van der Waals surface area contributed by atoms with Crippen molar-refractivity contribution in [1.82, 2.24) is 19.3 Å². The number of anilines is 1. The van der Waals surface area contributed by atoms with E-state index < -0.39 is 0 Å². The molecule has 0 saturated heterocycles. The van der Waals surface area contributed by atoms with E-state index in [1.165, 1.54) is 17.1 Å². The number of hydrogen-bond acceptors (Lipinski definition) is 4. The molecule has 1 N–H and O–H groups in total. The third-order valence-corrected chi connectivity index (χ3v) is 4.86. The molecule has 0 atom stereocenters. The number of nitrogens with zero attached hydrogens (tertiary/aromatic N) is 4. The van der Waals surface area contributed by atoms with Crippen LogP contribution in [0.1, 0.15) is 11.1 Å². The molecule has 0 spiro atoms. The second-order valence-electron chi connectivity index (χ2n) is 6.81. The number of benzene rings is 2. The predicted molar refractivity (Wildman–Crippen MR) is 113 cm³/mol. The molecule has 2 aromatic carbocycles. The molecule has 0 unspecified atom stereocenters. The lowest BCUT2D eigenvalue weighted by atomic mass is 10.1. The van der Waals surface area contributed by atoms with Gasteiger partial charge in [0.1, 0.15) is 18.3 Å². The van der Waals surface area contributed by atoms with Crippen LogP contribution >= 0.6 is 11.6 Å². The van der Waals surface area contributed by atoms with Gasteiger partial charge in [0, 0.05) is 10.7 Å². The fraction of sp³-hybridized carbons (Fsp3) is 0.143. The quantitative estimate of drug-likeness (QED) is 0.561. The summed E-state index contributed by atoms with van der Waals surface area (Å²) < 4.78 is 2.84. The average Bonchev–Trinajstić information content (AvgIpc) is 3.12. The lowest BCUT2D eigenvalue weighted by Crippen LogP contribution is -2.28. The molecule has 4 aromatic rings. The van der Waals surface area contributed by atoms with Crippen molar-refractivity contribution in [3.05, 3.63) is 81.5 Å². The van der Waals surface area contributed by atoms with E-state index in [1.807, 2.05) is 32.0 Å². The Balaban J connectivity index is 1.61. The van der Waals surface area contributed by atoms with Crippen molar-refractivity contribution < 1.29 is 4.79 Å². The van der Waals surface area contributed by atoms with E-state index in [1.54, 1.807) is 28.9 Å². The highest BCUT2D eigenvalue weighted by Gasteiger charge is 2.14. The number of nitrogens with one attached hydrogen (secondary N) is 1. The van der Waals surface area contributed by atoms with Crippen LogP contribution in [0.15, 0.2) is 59.8 Å². The zero-order valence-corrected chi connectivity index (χ0v) is 16.6. The van der Waals surface area contributed by atoms with Crippen molar-refractivity contribution in [3.8, 4) is 5.69 Å². The molecule has 2 heterocycles. The zero-order valence-electron chi connectivity index (χ0n) is 15.9. The molecular formula is C21H18ClN5O2. The molecule has 4 rings (SSSR count). The Hall–Kier alpha value is -3.45. The van der Waals surface area contributed by atoms with Crippen molar-refractivity contribution in [2.45, 2.75) is 20.4 Å². The van der Waals surface area contributed by atoms with Gasteiger partial charge >= 0.3 is 0 Å². The lowest BCUT2D eigenvalue weighted by molar-refractivity contribution is -0.116. The molecule has 0 fully saturated rings. The van der Waals surface area contributed by atoms with E-state index in [9.17, 15) is 9.59 Å². The number of amides is 1. The summed E-state index contributed by atoms with van der Waals surface area (Å²) in [5, 5.41) is 8.06. The van der Waals surface area contributed by atoms with Crippen LogP contribution in [-0.4, -0.2) is 25.2 Å². The number of rotatable bonds is 4. The normalized spacial score (nSPS) is 11.0. The fourth-order valence-corrected chi connectivity index (χ4v) is 3.17. The Morgan fingerprint density at radius 2 is 1.90 bits per heavy atom. The summed E-state index contributed by atoms with van der Waals surface area (Å²) in [7, 11) is 0. The first-order chi connectivity index (χ1) is 13.9. The van der Waals surface area contributed by atoms with Crippen molar-refractivity contribution in [2.75, 3.05) is 5.32 Å². The second kappa shape index (κ2) is 7.52. The van der Waals surface area contributed by atoms with Crippen molar-refractivity contribution in [3.63, 3.8) is 0 Å². The summed E-state index contributed by atoms with van der Waals surface area (Å²) >= 11 is 5.93. The fourth-order valence-electron chi connectivity index (χ4n) is 3.05. The van der Waals surface area contributed by atoms with Gasteiger partial charge in [-0.15, -0.1) is 0 Å². The Morgan fingerprint density at radius 3 is 2.66 bits per heavy atom. The number of halogens is 1. The van der Waals surface area contributed by atoms with Crippen LogP contribution in [0.4, 0.5) is 5.69 Å². The van der Waals surface area contributed by atoms with Crippen LogP contribution in [0.2, 0.25) is 5.02 Å². The number of aromatic nitrogens is 4. The molecule has 7 nitrogen and oxygen atoms in total. The largest absolute Gasteiger partial charge is 0.324 e. The molecule has 146 valence electrons. The zero-order chi connectivity index (χ0) is 20.5. The third-order valence-electron chi connectivity index (χ3n) is 4.61. The molecule has 29 heavy (non-hydrogen) atoms. The van der Waals surface area contributed by atoms with E-state index in [0.717, 1.165) is 22.5 Å². The topological polar surface area (TPSA) is 81.8 Å². The van der Waals surface area contributed by atoms with Gasteiger partial charge in [-0.05, 0) is 55.3 Å². The Morgan fingerprint density at radius 1 is 1.14 bits per heavy atom. The number of carbonyl (C=O) groups excluding carboxylic acids is 1. The smallest absolute Gasteiger partial charge is 0.264 e. The van der Waals surface area contributed by atoms with Crippen LogP contribution in [0.3, 0.4) is 0 Å². The van der Waals surface area contributed by atoms with E-state index in [-0.39, 0.29) is 18.0 Å². The molecule has 0 radical (unpaired) electrons. The summed E-state index contributed by atoms with van der Waals surface area (Å²) in [6, 6.07) is 12.9. The minimum absolute atomic E-state index is 0.138. The van der Waals surface area contributed by atoms with Crippen LogP contribution in [-0.2, 0) is 11.3 Å². The SMILES string of the molecule is Cc1ccc(C)c(NC(=O)Cn2cnc3c(cnn3-c3ccc(Cl)cc3)c2=O)c1. The second-order valence-corrected chi connectivity index (χ2v) is 7.25. The molecule has 0 aliphatic rings. The molecule has 0 bridgehead atoms. The number of aryl methyl sites for hydroxylation is 2. The number of fused-ring (bicyclic) bond motifs is 1. The van der Waals surface area contributed by atoms with E-state index in [2.05, 4.69) is 15.4 Å². The predicted octanol–water partition coefficient (Wildman–Crippen LogP) is 3.49. The van der Waals surface area contributed by atoms with Gasteiger partial charge in [0.25, 0.3) is 5.56 Å². The van der Waals surface area contributed by atoms with Gasteiger partial charge in [-0.3, -0.25) is 14.2 Å². The standard InChI is InChI=1S/C21H18ClN5O2/c1-13-3-4-14(2)18(9-13)25-19(28)11-26-12-23-20-17(21(26)29)10-24-27(20)16-7-5-15(22)6-8-16/h3-10,12H,11H2,1-2H3,(H,25,28). The highest BCUT2D eigenvalue weighted by molar-refractivity contribution is 6.30. The monoisotopic (exact) mass is 407 g/mol. The van der Waals surface area contributed by atoms with Crippen molar-refractivity contribution >= 4 is 34.2 Å². The van der Waals surface area contributed by atoms with Gasteiger partial charge in [0.2, 0.25) is 5.91 Å². The summed E-state index contributed by atoms with van der Waals surface area (Å²) in [6.45, 7) is 3.73. The minimum Gasteiger partial charge on any atom is -0.324 e. The van der Waals surface area contributed by atoms with Crippen LogP contribution in [0.25, 0.3) is 16.7 Å². The summed E-state index contributed by atoms with van der Waals surface area (Å²) in [5.74, 6) is -0.299. The highest BCUT2D eigenvalue weighted by atomic mass is 35.5. The first-order valence-corrected chi connectivity index (χ1v) is 9.36. The summed E-state index contributed by atoms with van der Waals surface area (Å²) in [6.07, 6.45) is 2.82. The van der Waals surface area contributed by atoms with Crippen LogP contribution in [0, 0.1) is 13.8 Å². The molecule has 0 aliphatic carbocycles. The highest BCUT2D eigenvalue weighted by Crippen LogP contribution is 2.17. The maximum Gasteiger partial charge on any atom is 0.264 e. The van der Waals surface area contributed by atoms with Crippen molar-refractivity contribution in [2.24, 2.45) is 0 Å². The minimum atomic E-state index is -0.327. The molecule has 0 aliphatic heterocycles. The van der Waals surface area contributed by atoms with Crippen LogP contribution < -0.4 is 10.9 Å². The molecule has 2 aromatic heterocycles. The van der Waals surface area contributed by atoms with E-state index in [0.29, 0.717) is 16.1 Å². The van der Waals surface area contributed by atoms with Gasteiger partial charge in [-0.1, -0.05) is 23.7 Å². The summed E-state index contributed by atoms with van der Waals surface area (Å²) in [4.78, 5) is 29.6. The Labute approximate surface area is 171 Å². The van der Waals surface area contributed by atoms with Gasteiger partial charge in [-0.25, -0.2) is 9.67 Å². The number of carbonyl (C=O) groups is 1. The first-order valence-electron chi connectivity index (χ1n) is 8.98. The van der Waals surface area contributed by atoms with Gasteiger partial charge in [0.15, 0.2) is 5.65 Å². The molecule has 0 saturated carbocycles. The van der Waals surface area contributed by atoms with Gasteiger partial charge in [-0.2, -0.15) is 5.10 Å². The maximum absolute atomic E-state index is 12.8. The van der Waals surface area contributed by atoms with E-state index >= 15 is 0 Å². The molecule has 8 heteroatoms. The van der Waals surface area contributed by atoms with E-state index in [4.69, 9.17) is 11.6 Å². The van der Waals surface area contributed by atoms with Crippen LogP contribution in [0.5, 0.6) is 0 Å². The lowest BCUT2D eigenvalue weighted by Gasteiger charge is -2.10. The molecule has 1 amide bonds.